The number of nitriles is 2. The highest BCUT2D eigenvalue weighted by molar-refractivity contribution is 5.79. The Morgan fingerprint density at radius 3 is 2.15 bits per heavy atom. The largest absolute Gasteiger partial charge is 0.369 e. The summed E-state index contributed by atoms with van der Waals surface area (Å²) in [4.78, 5) is 13.6. The Balaban J connectivity index is 1.71. The van der Waals surface area contributed by atoms with Crippen LogP contribution in [-0.2, 0) is 11.2 Å². The Morgan fingerprint density at radius 1 is 1.15 bits per heavy atom. The van der Waals surface area contributed by atoms with Gasteiger partial charge < -0.3 is 5.73 Å². The maximum Gasteiger partial charge on any atom is 0.223 e. The summed E-state index contributed by atoms with van der Waals surface area (Å²) in [6.07, 6.45) is 0.596. The minimum Gasteiger partial charge on any atom is -0.369 e. The van der Waals surface area contributed by atoms with Gasteiger partial charge in [0.15, 0.2) is 0 Å². The SMILES string of the molecule is CC1(C)C(C(N)=O)CN1[C@H](C#N)Cc1ccc(-c2ccc(C#N)cc2)cc1. The molecule has 2 atom stereocenters. The topological polar surface area (TPSA) is 93.9 Å². The molecule has 0 spiro atoms. The molecule has 1 heterocycles. The number of nitrogens with two attached hydrogens (primary N) is 1. The first-order valence-corrected chi connectivity index (χ1v) is 8.92. The van der Waals surface area contributed by atoms with Crippen LogP contribution in [0.3, 0.4) is 0 Å². The zero-order chi connectivity index (χ0) is 19.6. The van der Waals surface area contributed by atoms with E-state index in [9.17, 15) is 10.1 Å². The highest BCUT2D eigenvalue weighted by Gasteiger charge is 2.51. The van der Waals surface area contributed by atoms with E-state index in [0.29, 0.717) is 18.5 Å². The van der Waals surface area contributed by atoms with E-state index in [2.05, 4.69) is 17.0 Å². The van der Waals surface area contributed by atoms with E-state index in [1.165, 1.54) is 0 Å². The van der Waals surface area contributed by atoms with Crippen molar-refractivity contribution in [2.24, 2.45) is 11.7 Å². The Bertz CT molecular complexity index is 917. The summed E-state index contributed by atoms with van der Waals surface area (Å²) in [7, 11) is 0. The highest BCUT2D eigenvalue weighted by atomic mass is 16.1. The lowest BCUT2D eigenvalue weighted by molar-refractivity contribution is -0.142. The Labute approximate surface area is 159 Å². The summed E-state index contributed by atoms with van der Waals surface area (Å²) < 4.78 is 0. The number of amides is 1. The Kier molecular flexibility index (Phi) is 4.99. The van der Waals surface area contributed by atoms with Gasteiger partial charge in [0.05, 0.1) is 23.6 Å². The van der Waals surface area contributed by atoms with Gasteiger partial charge in [-0.05, 0) is 42.7 Å². The summed E-state index contributed by atoms with van der Waals surface area (Å²) in [6, 6.07) is 19.8. The zero-order valence-corrected chi connectivity index (χ0v) is 15.5. The zero-order valence-electron chi connectivity index (χ0n) is 15.5. The van der Waals surface area contributed by atoms with Crippen molar-refractivity contribution in [3.8, 4) is 23.3 Å². The number of hydrogen-bond acceptors (Lipinski definition) is 4. The fraction of sp³-hybridized carbons (Fsp3) is 0.318. The number of primary amides is 1. The monoisotopic (exact) mass is 358 g/mol. The maximum absolute atomic E-state index is 11.5. The standard InChI is InChI=1S/C22H22N4O/c1-22(2)20(21(25)27)14-26(22)19(13-24)11-15-3-7-17(8-4-15)18-9-5-16(12-23)6-10-18/h3-10,19-20H,11,14H2,1-2H3,(H2,25,27)/t19-,20?/m0/s1. The van der Waals surface area contributed by atoms with Gasteiger partial charge in [0.25, 0.3) is 0 Å². The molecule has 2 aromatic rings. The van der Waals surface area contributed by atoms with Gasteiger partial charge >= 0.3 is 0 Å². The van der Waals surface area contributed by atoms with Gasteiger partial charge in [-0.15, -0.1) is 0 Å². The number of benzene rings is 2. The fourth-order valence-electron chi connectivity index (χ4n) is 3.73. The molecule has 2 aromatic carbocycles. The molecule has 1 fully saturated rings. The lowest BCUT2D eigenvalue weighted by Gasteiger charge is -2.55. The highest BCUT2D eigenvalue weighted by Crippen LogP contribution is 2.38. The van der Waals surface area contributed by atoms with Gasteiger partial charge in [-0.2, -0.15) is 10.5 Å². The molecule has 1 unspecified atom stereocenters. The van der Waals surface area contributed by atoms with Crippen LogP contribution in [0, 0.1) is 28.6 Å². The molecule has 0 aromatic heterocycles. The Hall–Kier alpha value is -3.15. The molecule has 1 saturated heterocycles. The van der Waals surface area contributed by atoms with E-state index in [0.717, 1.165) is 16.7 Å². The molecule has 136 valence electrons. The lowest BCUT2D eigenvalue weighted by atomic mass is 9.74. The maximum atomic E-state index is 11.5. The van der Waals surface area contributed by atoms with Crippen molar-refractivity contribution in [1.29, 1.82) is 10.5 Å². The predicted molar refractivity (Wildman–Crippen MR) is 103 cm³/mol. The van der Waals surface area contributed by atoms with Crippen LogP contribution in [0.25, 0.3) is 11.1 Å². The van der Waals surface area contributed by atoms with Crippen LogP contribution in [-0.4, -0.2) is 28.9 Å². The van der Waals surface area contributed by atoms with Crippen LogP contribution in [0.4, 0.5) is 0 Å². The van der Waals surface area contributed by atoms with Crippen molar-refractivity contribution in [1.82, 2.24) is 4.90 Å². The van der Waals surface area contributed by atoms with E-state index in [1.807, 2.05) is 50.2 Å². The van der Waals surface area contributed by atoms with Crippen molar-refractivity contribution in [3.05, 3.63) is 59.7 Å². The van der Waals surface area contributed by atoms with Crippen molar-refractivity contribution in [3.63, 3.8) is 0 Å². The predicted octanol–water partition coefficient (Wildman–Crippen LogP) is 2.86. The van der Waals surface area contributed by atoms with E-state index >= 15 is 0 Å². The Morgan fingerprint density at radius 2 is 1.70 bits per heavy atom. The summed E-state index contributed by atoms with van der Waals surface area (Å²) in [5.74, 6) is -0.521. The number of carbonyl (C=O) groups is 1. The first-order valence-electron chi connectivity index (χ1n) is 8.92. The number of nitrogens with zero attached hydrogens (tertiary/aromatic N) is 3. The molecular weight excluding hydrogens is 336 g/mol. The average Bonchev–Trinajstić information content (AvgIpc) is 2.66. The summed E-state index contributed by atoms with van der Waals surface area (Å²) in [6.45, 7) is 4.46. The summed E-state index contributed by atoms with van der Waals surface area (Å²) in [5.41, 5.74) is 8.88. The normalized spacial score (nSPS) is 19.3. The molecule has 1 aliphatic rings. The molecule has 1 aliphatic heterocycles. The first kappa shape index (κ1) is 18.6. The molecule has 27 heavy (non-hydrogen) atoms. The molecule has 5 nitrogen and oxygen atoms in total. The van der Waals surface area contributed by atoms with Gasteiger partial charge in [0.2, 0.25) is 5.91 Å². The molecule has 0 bridgehead atoms. The van der Waals surface area contributed by atoms with Crippen LogP contribution in [0.2, 0.25) is 0 Å². The third-order valence-corrected chi connectivity index (χ3v) is 5.57. The second kappa shape index (κ2) is 7.23. The lowest BCUT2D eigenvalue weighted by Crippen LogP contribution is -2.70. The van der Waals surface area contributed by atoms with Crippen LogP contribution in [0.1, 0.15) is 25.0 Å². The smallest absolute Gasteiger partial charge is 0.223 e. The van der Waals surface area contributed by atoms with E-state index in [4.69, 9.17) is 11.0 Å². The van der Waals surface area contributed by atoms with Gasteiger partial charge in [0.1, 0.15) is 6.04 Å². The molecule has 0 aliphatic carbocycles. The number of rotatable bonds is 5. The van der Waals surface area contributed by atoms with E-state index in [1.54, 1.807) is 12.1 Å². The van der Waals surface area contributed by atoms with Gasteiger partial charge in [0, 0.05) is 18.5 Å². The minimum atomic E-state index is -0.394. The van der Waals surface area contributed by atoms with Crippen molar-refractivity contribution in [2.75, 3.05) is 6.54 Å². The molecule has 1 amide bonds. The van der Waals surface area contributed by atoms with Crippen LogP contribution in [0.5, 0.6) is 0 Å². The molecule has 0 saturated carbocycles. The van der Waals surface area contributed by atoms with Crippen LogP contribution in [0.15, 0.2) is 48.5 Å². The van der Waals surface area contributed by atoms with Gasteiger partial charge in [-0.3, -0.25) is 9.69 Å². The quantitative estimate of drug-likeness (QED) is 0.889. The molecule has 2 N–H and O–H groups in total. The molecule has 5 heteroatoms. The first-order chi connectivity index (χ1) is 12.9. The third kappa shape index (κ3) is 3.56. The van der Waals surface area contributed by atoms with Gasteiger partial charge in [-0.25, -0.2) is 0 Å². The molecule has 0 radical (unpaired) electrons. The second-order valence-electron chi connectivity index (χ2n) is 7.50. The third-order valence-electron chi connectivity index (χ3n) is 5.57. The summed E-state index contributed by atoms with van der Waals surface area (Å²) in [5, 5.41) is 18.5. The minimum absolute atomic E-state index is 0.216. The van der Waals surface area contributed by atoms with E-state index in [-0.39, 0.29) is 17.9 Å². The van der Waals surface area contributed by atoms with E-state index < -0.39 is 5.54 Å². The van der Waals surface area contributed by atoms with Crippen LogP contribution < -0.4 is 5.73 Å². The van der Waals surface area contributed by atoms with Gasteiger partial charge in [-0.1, -0.05) is 36.4 Å². The second-order valence-corrected chi connectivity index (χ2v) is 7.50. The number of likely N-dealkylation sites (tertiary alicyclic amines) is 1. The van der Waals surface area contributed by atoms with Crippen LogP contribution >= 0.6 is 0 Å². The van der Waals surface area contributed by atoms with Crippen molar-refractivity contribution >= 4 is 5.91 Å². The molecule has 3 rings (SSSR count). The summed E-state index contributed by atoms with van der Waals surface area (Å²) >= 11 is 0. The van der Waals surface area contributed by atoms with Crippen molar-refractivity contribution < 1.29 is 4.79 Å². The average molecular weight is 358 g/mol. The molecular formula is C22H22N4O. The number of hydrogen-bond donors (Lipinski definition) is 1. The fourth-order valence-corrected chi connectivity index (χ4v) is 3.73. The van der Waals surface area contributed by atoms with Crippen molar-refractivity contribution in [2.45, 2.75) is 31.8 Å². The number of carbonyl (C=O) groups excluding carboxylic acids is 1.